The zero-order chi connectivity index (χ0) is 19.2. The lowest BCUT2D eigenvalue weighted by atomic mass is 10.2. The van der Waals surface area contributed by atoms with Crippen LogP contribution in [0.5, 0.6) is 5.75 Å². The van der Waals surface area contributed by atoms with Gasteiger partial charge < -0.3 is 10.1 Å². The number of aromatic nitrogens is 1. The lowest BCUT2D eigenvalue weighted by Gasteiger charge is -2.08. The molecule has 3 rings (SSSR count). The first-order valence-corrected chi connectivity index (χ1v) is 10.5. The van der Waals surface area contributed by atoms with Crippen molar-refractivity contribution in [3.8, 4) is 17.0 Å². The molecule has 1 heterocycles. The van der Waals surface area contributed by atoms with Crippen LogP contribution >= 0.6 is 50.5 Å². The molecule has 140 valence electrons. The first-order chi connectivity index (χ1) is 13.0. The van der Waals surface area contributed by atoms with Gasteiger partial charge in [-0.1, -0.05) is 51.3 Å². The van der Waals surface area contributed by atoms with Gasteiger partial charge in [0.1, 0.15) is 5.75 Å². The Labute approximate surface area is 179 Å². The molecule has 1 N–H and O–H groups in total. The molecule has 0 saturated heterocycles. The fraction of sp³-hybridized carbons (Fsp3) is 0.158. The van der Waals surface area contributed by atoms with Crippen molar-refractivity contribution < 1.29 is 9.53 Å². The molecule has 0 radical (unpaired) electrons. The lowest BCUT2D eigenvalue weighted by Crippen LogP contribution is -2.12. The molecule has 0 fully saturated rings. The zero-order valence-electron chi connectivity index (χ0n) is 14.0. The molecule has 8 heteroatoms. The summed E-state index contributed by atoms with van der Waals surface area (Å²) in [7, 11) is 0. The second-order valence-corrected chi connectivity index (χ2v) is 8.24. The van der Waals surface area contributed by atoms with Crippen LogP contribution in [0.25, 0.3) is 11.3 Å². The third-order valence-corrected chi connectivity index (χ3v) is 5.35. The Hall–Kier alpha value is -1.60. The molecule has 3 aromatic rings. The van der Waals surface area contributed by atoms with Gasteiger partial charge in [-0.15, -0.1) is 11.3 Å². The second-order valence-electron chi connectivity index (χ2n) is 5.62. The number of halogens is 3. The van der Waals surface area contributed by atoms with Gasteiger partial charge >= 0.3 is 0 Å². The minimum atomic E-state index is -0.101. The number of nitrogens with one attached hydrogen (secondary N) is 1. The fourth-order valence-electron chi connectivity index (χ4n) is 2.30. The van der Waals surface area contributed by atoms with E-state index >= 15 is 0 Å². The normalized spacial score (nSPS) is 10.6. The van der Waals surface area contributed by atoms with E-state index in [0.29, 0.717) is 40.4 Å². The minimum absolute atomic E-state index is 0.101. The summed E-state index contributed by atoms with van der Waals surface area (Å²) in [6.45, 7) is 0.385. The van der Waals surface area contributed by atoms with Gasteiger partial charge in [-0.05, 0) is 36.8 Å². The van der Waals surface area contributed by atoms with Crippen LogP contribution in [0.4, 0.5) is 5.13 Å². The fourth-order valence-corrected chi connectivity index (χ4v) is 3.90. The van der Waals surface area contributed by atoms with E-state index in [-0.39, 0.29) is 5.91 Å². The molecule has 27 heavy (non-hydrogen) atoms. The van der Waals surface area contributed by atoms with Crippen LogP contribution in [-0.2, 0) is 4.79 Å². The lowest BCUT2D eigenvalue weighted by molar-refractivity contribution is -0.116. The van der Waals surface area contributed by atoms with Crippen molar-refractivity contribution >= 4 is 61.5 Å². The average Bonchev–Trinajstić information content (AvgIpc) is 3.08. The molecule has 0 bridgehead atoms. The molecule has 0 aliphatic rings. The predicted octanol–water partition coefficient (Wildman–Crippen LogP) is 6.68. The highest BCUT2D eigenvalue weighted by Gasteiger charge is 2.09. The summed E-state index contributed by atoms with van der Waals surface area (Å²) in [5, 5.41) is 6.33. The van der Waals surface area contributed by atoms with Crippen LogP contribution in [-0.4, -0.2) is 17.5 Å². The van der Waals surface area contributed by atoms with Gasteiger partial charge in [-0.25, -0.2) is 4.98 Å². The standard InChI is InChI=1S/C19H15BrCl2N2O2S/c20-13-4-1-3-12(9-13)16-11-27-19(23-16)24-18(25)5-2-8-26-17-7-6-14(21)10-15(17)22/h1,3-4,6-7,9-11H,2,5,8H2,(H,23,24,25). The molecule has 0 saturated carbocycles. The number of hydrogen-bond acceptors (Lipinski definition) is 4. The first kappa shape index (κ1) is 20.1. The van der Waals surface area contributed by atoms with Gasteiger partial charge in [0.15, 0.2) is 5.13 Å². The van der Waals surface area contributed by atoms with E-state index in [1.807, 2.05) is 29.6 Å². The van der Waals surface area contributed by atoms with E-state index in [1.165, 1.54) is 11.3 Å². The van der Waals surface area contributed by atoms with Gasteiger partial charge in [0.2, 0.25) is 5.91 Å². The van der Waals surface area contributed by atoms with E-state index < -0.39 is 0 Å². The summed E-state index contributed by atoms with van der Waals surface area (Å²) in [4.78, 5) is 16.5. The van der Waals surface area contributed by atoms with Crippen LogP contribution < -0.4 is 10.1 Å². The zero-order valence-corrected chi connectivity index (χ0v) is 18.0. The summed E-state index contributed by atoms with van der Waals surface area (Å²) in [5.74, 6) is 0.455. The Balaban J connectivity index is 1.46. The van der Waals surface area contributed by atoms with Crippen LogP contribution in [0.1, 0.15) is 12.8 Å². The summed E-state index contributed by atoms with van der Waals surface area (Å²) in [5.41, 5.74) is 1.83. The van der Waals surface area contributed by atoms with Crippen LogP contribution in [0, 0.1) is 0 Å². The highest BCUT2D eigenvalue weighted by Crippen LogP contribution is 2.28. The maximum absolute atomic E-state index is 12.1. The van der Waals surface area contributed by atoms with Gasteiger partial charge in [0, 0.05) is 26.9 Å². The number of rotatable bonds is 7. The average molecular weight is 486 g/mol. The smallest absolute Gasteiger partial charge is 0.226 e. The molecule has 1 amide bonds. The largest absolute Gasteiger partial charge is 0.492 e. The quantitative estimate of drug-likeness (QED) is 0.380. The summed E-state index contributed by atoms with van der Waals surface area (Å²) < 4.78 is 6.56. The Morgan fingerprint density at radius 3 is 2.85 bits per heavy atom. The van der Waals surface area contributed by atoms with E-state index in [1.54, 1.807) is 18.2 Å². The maximum Gasteiger partial charge on any atom is 0.226 e. The topological polar surface area (TPSA) is 51.2 Å². The maximum atomic E-state index is 12.1. The summed E-state index contributed by atoms with van der Waals surface area (Å²) >= 11 is 16.7. The van der Waals surface area contributed by atoms with Crippen molar-refractivity contribution in [3.63, 3.8) is 0 Å². The minimum Gasteiger partial charge on any atom is -0.492 e. The van der Waals surface area contributed by atoms with E-state index in [4.69, 9.17) is 27.9 Å². The van der Waals surface area contributed by atoms with Gasteiger partial charge in [0.05, 0.1) is 17.3 Å². The molecule has 0 atom stereocenters. The van der Waals surface area contributed by atoms with Gasteiger partial charge in [-0.3, -0.25) is 4.79 Å². The monoisotopic (exact) mass is 484 g/mol. The van der Waals surface area contributed by atoms with Gasteiger partial charge in [-0.2, -0.15) is 0 Å². The second kappa shape index (κ2) is 9.55. The van der Waals surface area contributed by atoms with E-state index in [2.05, 4.69) is 26.2 Å². The van der Waals surface area contributed by atoms with E-state index in [0.717, 1.165) is 15.7 Å². The molecular weight excluding hydrogens is 471 g/mol. The van der Waals surface area contributed by atoms with Crippen LogP contribution in [0.2, 0.25) is 10.0 Å². The van der Waals surface area contributed by atoms with Crippen LogP contribution in [0.3, 0.4) is 0 Å². The third kappa shape index (κ3) is 5.94. The van der Waals surface area contributed by atoms with Crippen LogP contribution in [0.15, 0.2) is 52.3 Å². The number of carbonyl (C=O) groups is 1. The van der Waals surface area contributed by atoms with Crippen molar-refractivity contribution in [2.45, 2.75) is 12.8 Å². The number of nitrogens with zero attached hydrogens (tertiary/aromatic N) is 1. The molecule has 0 spiro atoms. The highest BCUT2D eigenvalue weighted by atomic mass is 79.9. The number of anilines is 1. The third-order valence-electron chi connectivity index (χ3n) is 3.57. The number of benzene rings is 2. The Bertz CT molecular complexity index is 949. The summed E-state index contributed by atoms with van der Waals surface area (Å²) in [6, 6.07) is 12.9. The Morgan fingerprint density at radius 2 is 2.07 bits per heavy atom. The molecule has 1 aromatic heterocycles. The van der Waals surface area contributed by atoms with E-state index in [9.17, 15) is 4.79 Å². The van der Waals surface area contributed by atoms with Crippen molar-refractivity contribution in [1.82, 2.24) is 4.98 Å². The molecule has 0 aliphatic carbocycles. The van der Waals surface area contributed by atoms with Crippen molar-refractivity contribution in [2.24, 2.45) is 0 Å². The highest BCUT2D eigenvalue weighted by molar-refractivity contribution is 9.10. The SMILES string of the molecule is O=C(CCCOc1ccc(Cl)cc1Cl)Nc1nc(-c2cccc(Br)c2)cs1. The number of thiazole rings is 1. The molecular formula is C19H15BrCl2N2O2S. The summed E-state index contributed by atoms with van der Waals surface area (Å²) in [6.07, 6.45) is 0.895. The Kier molecular flexibility index (Phi) is 7.13. The molecule has 2 aromatic carbocycles. The van der Waals surface area contributed by atoms with Crippen molar-refractivity contribution in [2.75, 3.05) is 11.9 Å². The molecule has 0 unspecified atom stereocenters. The molecule has 4 nitrogen and oxygen atoms in total. The number of amides is 1. The van der Waals surface area contributed by atoms with Crippen molar-refractivity contribution in [1.29, 1.82) is 0 Å². The Morgan fingerprint density at radius 1 is 1.22 bits per heavy atom. The molecule has 0 aliphatic heterocycles. The number of hydrogen-bond donors (Lipinski definition) is 1. The number of carbonyl (C=O) groups excluding carboxylic acids is 1. The first-order valence-electron chi connectivity index (χ1n) is 8.10. The predicted molar refractivity (Wildman–Crippen MR) is 115 cm³/mol. The van der Waals surface area contributed by atoms with Gasteiger partial charge in [0.25, 0.3) is 0 Å². The van der Waals surface area contributed by atoms with Crippen molar-refractivity contribution in [3.05, 3.63) is 62.4 Å². The number of ether oxygens (including phenoxy) is 1.